The molecule has 2 rings (SSSR count). The summed E-state index contributed by atoms with van der Waals surface area (Å²) >= 11 is 0. The van der Waals surface area contributed by atoms with E-state index in [4.69, 9.17) is 19.9 Å². The maximum absolute atomic E-state index is 13.4. The summed E-state index contributed by atoms with van der Waals surface area (Å²) in [4.78, 5) is 62.2. The Hall–Kier alpha value is -4.07. The van der Waals surface area contributed by atoms with Crippen molar-refractivity contribution in [3.63, 3.8) is 0 Å². The van der Waals surface area contributed by atoms with Crippen LogP contribution in [0, 0.1) is 11.8 Å². The van der Waals surface area contributed by atoms with Crippen LogP contribution in [0.15, 0.2) is 58.5 Å². The Bertz CT molecular complexity index is 1250. The number of aliphatic hydroxyl groups excluding tert-OH is 1. The lowest BCUT2D eigenvalue weighted by molar-refractivity contribution is -0.120. The van der Waals surface area contributed by atoms with E-state index in [0.29, 0.717) is 5.57 Å². The van der Waals surface area contributed by atoms with Crippen molar-refractivity contribution in [1.29, 1.82) is 0 Å². The number of allylic oxidation sites excluding steroid dienone is 4. The molecule has 1 heterocycles. The third-order valence-electron chi connectivity index (χ3n) is 7.03. The van der Waals surface area contributed by atoms with Crippen LogP contribution in [0.2, 0.25) is 0 Å². The van der Waals surface area contributed by atoms with Crippen LogP contribution in [-0.4, -0.2) is 78.5 Å². The Labute approximate surface area is 244 Å². The number of carboxylic acid groups (broad SMARTS) is 1. The fourth-order valence-electron chi connectivity index (χ4n) is 4.83. The molecule has 3 amide bonds. The molecule has 0 spiro atoms. The second-order valence-corrected chi connectivity index (χ2v) is 10.4. The van der Waals surface area contributed by atoms with E-state index in [2.05, 4.69) is 5.32 Å². The summed E-state index contributed by atoms with van der Waals surface area (Å²) in [5, 5.41) is 24.9. The fraction of sp³-hybridized carbons (Fsp3) is 0.483. The third-order valence-corrected chi connectivity index (χ3v) is 7.03. The number of hydrogen-bond donors (Lipinski definition) is 5. The Kier molecular flexibility index (Phi) is 12.4. The zero-order valence-electron chi connectivity index (χ0n) is 24.5. The minimum atomic E-state index is -1.53. The number of ether oxygens (including phenoxy) is 3. The van der Waals surface area contributed by atoms with Crippen LogP contribution in [0.25, 0.3) is 0 Å². The van der Waals surface area contributed by atoms with Gasteiger partial charge in [0.2, 0.25) is 11.6 Å². The van der Waals surface area contributed by atoms with Gasteiger partial charge in [-0.3, -0.25) is 19.7 Å². The molecule has 2 bridgehead atoms. The molecule has 6 N–H and O–H groups in total. The number of carbonyl (C=O) groups excluding carboxylic acids is 4. The molecule has 230 valence electrons. The van der Waals surface area contributed by atoms with Gasteiger partial charge in [-0.05, 0) is 38.2 Å². The van der Waals surface area contributed by atoms with Gasteiger partial charge < -0.3 is 35.5 Å². The summed E-state index contributed by atoms with van der Waals surface area (Å²) in [6.07, 6.45) is 1.09. The topological polar surface area (TPSA) is 204 Å². The first-order valence-corrected chi connectivity index (χ1v) is 13.3. The van der Waals surface area contributed by atoms with Crippen LogP contribution < -0.4 is 16.4 Å². The van der Waals surface area contributed by atoms with Crippen LogP contribution >= 0.6 is 0 Å². The van der Waals surface area contributed by atoms with Gasteiger partial charge >= 0.3 is 12.2 Å². The lowest BCUT2D eigenvalue weighted by Gasteiger charge is -2.30. The van der Waals surface area contributed by atoms with Crippen LogP contribution in [0.5, 0.6) is 0 Å². The van der Waals surface area contributed by atoms with Crippen LogP contribution in [0.3, 0.4) is 0 Å². The highest BCUT2D eigenvalue weighted by Crippen LogP contribution is 2.28. The van der Waals surface area contributed by atoms with Gasteiger partial charge in [-0.15, -0.1) is 0 Å². The molecule has 13 heteroatoms. The van der Waals surface area contributed by atoms with Crippen molar-refractivity contribution in [2.24, 2.45) is 17.6 Å². The molecule has 1 aliphatic heterocycles. The number of primary amides is 1. The van der Waals surface area contributed by atoms with Gasteiger partial charge in [-0.25, -0.2) is 9.59 Å². The summed E-state index contributed by atoms with van der Waals surface area (Å²) in [5.41, 5.74) is 5.19. The molecule has 0 unspecified atom stereocenters. The SMILES string of the molecule is CO[C@H]1/C=C\C=C(/C)C(=O)NC2=CC(=O)C(NC(=O)O)=C(C[C@@H](C)C[C@H](OC)[C@H](O)[C@@H](C)/C=C(\C)[C@@H]1OC(N)=O)C2=O. The minimum absolute atomic E-state index is 0.0508. The first-order valence-electron chi connectivity index (χ1n) is 13.3. The first-order chi connectivity index (χ1) is 19.7. The third kappa shape index (κ3) is 8.96. The molecule has 0 aromatic carbocycles. The maximum atomic E-state index is 13.4. The van der Waals surface area contributed by atoms with Crippen molar-refractivity contribution in [2.45, 2.75) is 65.0 Å². The normalized spacial score (nSPS) is 31.6. The predicted molar refractivity (Wildman–Crippen MR) is 151 cm³/mol. The number of aliphatic hydroxyl groups is 1. The van der Waals surface area contributed by atoms with Gasteiger partial charge in [0.25, 0.3) is 5.91 Å². The van der Waals surface area contributed by atoms with Gasteiger partial charge in [0.1, 0.15) is 6.10 Å². The van der Waals surface area contributed by atoms with Crippen LogP contribution in [-0.2, 0) is 28.6 Å². The smallest absolute Gasteiger partial charge is 0.409 e. The number of hydrogen-bond acceptors (Lipinski definition) is 9. The predicted octanol–water partition coefficient (Wildman–Crippen LogP) is 2.03. The second kappa shape index (κ2) is 15.2. The summed E-state index contributed by atoms with van der Waals surface area (Å²) < 4.78 is 16.4. The number of nitrogens with one attached hydrogen (secondary N) is 2. The lowest BCUT2D eigenvalue weighted by atomic mass is 9.85. The number of amides is 3. The molecule has 42 heavy (non-hydrogen) atoms. The Morgan fingerprint density at radius 3 is 2.36 bits per heavy atom. The van der Waals surface area contributed by atoms with Crippen molar-refractivity contribution >= 4 is 29.7 Å². The summed E-state index contributed by atoms with van der Waals surface area (Å²) in [5.74, 6) is -3.08. The lowest BCUT2D eigenvalue weighted by Crippen LogP contribution is -2.38. The van der Waals surface area contributed by atoms with E-state index >= 15 is 0 Å². The molecule has 6 atom stereocenters. The number of methoxy groups -OCH3 is 2. The quantitative estimate of drug-likeness (QED) is 0.238. The molecule has 0 saturated carbocycles. The Balaban J connectivity index is 2.64. The number of rotatable bonds is 4. The highest BCUT2D eigenvalue weighted by molar-refractivity contribution is 6.24. The van der Waals surface area contributed by atoms with Crippen molar-refractivity contribution in [3.8, 4) is 0 Å². The average Bonchev–Trinajstić information content (AvgIpc) is 2.91. The molecule has 13 nitrogen and oxygen atoms in total. The molecule has 0 aromatic rings. The van der Waals surface area contributed by atoms with Crippen molar-refractivity contribution in [1.82, 2.24) is 10.6 Å². The van der Waals surface area contributed by atoms with E-state index in [1.54, 1.807) is 26.8 Å². The van der Waals surface area contributed by atoms with Gasteiger partial charge in [-0.1, -0.05) is 38.2 Å². The largest absolute Gasteiger partial charge is 0.465 e. The van der Waals surface area contributed by atoms with Crippen LogP contribution in [0.1, 0.15) is 40.5 Å². The number of Topliss-reactive ketones (excluding diaryl/α,β-unsaturated/α-hetero) is 1. The molecule has 0 aromatic heterocycles. The van der Waals surface area contributed by atoms with Crippen molar-refractivity contribution < 1.29 is 48.4 Å². The van der Waals surface area contributed by atoms with E-state index in [9.17, 15) is 34.2 Å². The highest BCUT2D eigenvalue weighted by atomic mass is 16.6. The highest BCUT2D eigenvalue weighted by Gasteiger charge is 2.34. The number of fused-ring (bicyclic) bond motifs is 2. The van der Waals surface area contributed by atoms with Gasteiger partial charge in [0.05, 0.1) is 23.6 Å². The van der Waals surface area contributed by atoms with Gasteiger partial charge in [0, 0.05) is 37.4 Å². The molecular formula is C29H39N3O10. The maximum Gasteiger partial charge on any atom is 0.409 e. The van der Waals surface area contributed by atoms with E-state index in [0.717, 1.165) is 6.08 Å². The van der Waals surface area contributed by atoms with Crippen LogP contribution in [0.4, 0.5) is 9.59 Å². The average molecular weight is 590 g/mol. The molecular weight excluding hydrogens is 550 g/mol. The Morgan fingerprint density at radius 1 is 1.12 bits per heavy atom. The molecule has 2 aliphatic rings. The van der Waals surface area contributed by atoms with Gasteiger partial charge in [-0.2, -0.15) is 0 Å². The van der Waals surface area contributed by atoms with E-state index in [-0.39, 0.29) is 35.6 Å². The molecule has 0 saturated heterocycles. The molecule has 0 fully saturated rings. The number of carbonyl (C=O) groups is 5. The first kappa shape index (κ1) is 34.1. The second-order valence-electron chi connectivity index (χ2n) is 10.4. The van der Waals surface area contributed by atoms with E-state index < -0.39 is 65.7 Å². The van der Waals surface area contributed by atoms with Crippen molar-refractivity contribution in [2.75, 3.05) is 14.2 Å². The molecule has 0 radical (unpaired) electrons. The number of nitrogens with two attached hydrogens (primary N) is 1. The van der Waals surface area contributed by atoms with Gasteiger partial charge in [0.15, 0.2) is 6.10 Å². The summed E-state index contributed by atoms with van der Waals surface area (Å²) in [7, 11) is 2.82. The number of ketones is 2. The van der Waals surface area contributed by atoms with Crippen molar-refractivity contribution in [3.05, 3.63) is 58.5 Å². The van der Waals surface area contributed by atoms with E-state index in [1.807, 2.05) is 5.32 Å². The monoisotopic (exact) mass is 589 g/mol. The zero-order valence-corrected chi connectivity index (χ0v) is 24.5. The summed E-state index contributed by atoms with van der Waals surface area (Å²) in [6.45, 7) is 6.67. The zero-order chi connectivity index (χ0) is 31.7. The summed E-state index contributed by atoms with van der Waals surface area (Å²) in [6, 6.07) is 0. The minimum Gasteiger partial charge on any atom is -0.465 e. The fourth-order valence-corrected chi connectivity index (χ4v) is 4.83. The molecule has 1 aliphatic carbocycles. The Morgan fingerprint density at radius 2 is 1.79 bits per heavy atom. The van der Waals surface area contributed by atoms with E-state index in [1.165, 1.54) is 39.4 Å². The standard InChI is InChI=1S/C29H39N3O10/c1-14-10-18-23(32-29(38)39)20(33)13-19(25(18)35)31-27(36)15(2)8-7-9-21(40-5)26(42-28(30)37)17(4)12-16(3)24(34)22(11-14)41-6/h7-9,12-14,16,21-22,24,26,32,34H,10-11H2,1-6H3,(H2,30,37)(H,31,36)(H,38,39)/b9-7-,15-8+,17-12+/t14-,16+,21+,22+,24-,26+/m1/s1.